The van der Waals surface area contributed by atoms with E-state index in [0.29, 0.717) is 18.8 Å². The third kappa shape index (κ3) is 3.78. The molecule has 25 heavy (non-hydrogen) atoms. The number of nitrogens with zero attached hydrogens (tertiary/aromatic N) is 3. The molecule has 8 heteroatoms. The first kappa shape index (κ1) is 17.7. The summed E-state index contributed by atoms with van der Waals surface area (Å²) in [6.45, 7) is 3.02. The first-order valence-corrected chi connectivity index (χ1v) is 10.0. The standard InChI is InChI=1S/C17H24N4O3S/c1-3-18-16(21-13-17(12-19-21)10-4-5-11-17)20-25(22,23)15-8-6-14(24-2)7-9-15/h6-9,12H,3-5,10-11,13H2,1-2H3,(H,18,20). The molecule has 136 valence electrons. The van der Waals surface area contributed by atoms with Crippen LogP contribution in [0.3, 0.4) is 0 Å². The Morgan fingerprint density at radius 3 is 2.60 bits per heavy atom. The molecule has 1 aliphatic carbocycles. The molecule has 0 bridgehead atoms. The number of rotatable bonds is 4. The summed E-state index contributed by atoms with van der Waals surface area (Å²) in [7, 11) is -2.19. The minimum absolute atomic E-state index is 0.0695. The lowest BCUT2D eigenvalue weighted by Gasteiger charge is -2.23. The van der Waals surface area contributed by atoms with Gasteiger partial charge in [-0.2, -0.15) is 5.10 Å². The summed E-state index contributed by atoms with van der Waals surface area (Å²) in [6.07, 6.45) is 6.54. The van der Waals surface area contributed by atoms with Gasteiger partial charge in [-0.3, -0.25) is 4.99 Å². The van der Waals surface area contributed by atoms with Crippen LogP contribution in [-0.4, -0.2) is 45.8 Å². The molecule has 1 aromatic rings. The highest BCUT2D eigenvalue weighted by Crippen LogP contribution is 2.40. The molecule has 0 atom stereocenters. The minimum atomic E-state index is -3.73. The highest BCUT2D eigenvalue weighted by atomic mass is 32.2. The maximum Gasteiger partial charge on any atom is 0.264 e. The van der Waals surface area contributed by atoms with E-state index in [1.54, 1.807) is 17.1 Å². The van der Waals surface area contributed by atoms with Gasteiger partial charge < -0.3 is 4.74 Å². The summed E-state index contributed by atoms with van der Waals surface area (Å²) in [4.78, 5) is 4.48. The summed E-state index contributed by atoms with van der Waals surface area (Å²) in [6, 6.07) is 6.26. The molecular weight excluding hydrogens is 340 g/mol. The van der Waals surface area contributed by atoms with Gasteiger partial charge in [-0.1, -0.05) is 12.8 Å². The largest absolute Gasteiger partial charge is 0.497 e. The average molecular weight is 364 g/mol. The van der Waals surface area contributed by atoms with Crippen molar-refractivity contribution in [3.05, 3.63) is 24.3 Å². The van der Waals surface area contributed by atoms with Gasteiger partial charge >= 0.3 is 0 Å². The van der Waals surface area contributed by atoms with Gasteiger partial charge in [0.25, 0.3) is 10.0 Å². The maximum atomic E-state index is 12.7. The number of hydrazone groups is 1. The Morgan fingerprint density at radius 2 is 2.00 bits per heavy atom. The van der Waals surface area contributed by atoms with Crippen molar-refractivity contribution in [3.63, 3.8) is 0 Å². The predicted octanol–water partition coefficient (Wildman–Crippen LogP) is 2.21. The third-order valence-corrected chi connectivity index (χ3v) is 6.03. The number of methoxy groups -OCH3 is 1. The van der Waals surface area contributed by atoms with Crippen molar-refractivity contribution in [2.24, 2.45) is 15.5 Å². The Kier molecular flexibility index (Phi) is 4.99. The van der Waals surface area contributed by atoms with Gasteiger partial charge in [0.05, 0.1) is 18.6 Å². The van der Waals surface area contributed by atoms with E-state index in [1.165, 1.54) is 32.1 Å². The van der Waals surface area contributed by atoms with Gasteiger partial charge in [0.15, 0.2) is 0 Å². The van der Waals surface area contributed by atoms with Gasteiger partial charge in [-0.15, -0.1) is 0 Å². The van der Waals surface area contributed by atoms with Crippen LogP contribution < -0.4 is 9.46 Å². The molecule has 0 aromatic heterocycles. The van der Waals surface area contributed by atoms with Crippen molar-refractivity contribution in [2.75, 3.05) is 20.2 Å². The lowest BCUT2D eigenvalue weighted by molar-refractivity contribution is 0.342. The summed E-state index contributed by atoms with van der Waals surface area (Å²) in [5.74, 6) is 0.882. The number of hydrogen-bond donors (Lipinski definition) is 1. The first-order chi connectivity index (χ1) is 12.0. The number of benzene rings is 1. The second-order valence-electron chi connectivity index (χ2n) is 6.45. The lowest BCUT2D eigenvalue weighted by atomic mass is 9.88. The molecule has 0 amide bonds. The van der Waals surface area contributed by atoms with E-state index >= 15 is 0 Å². The van der Waals surface area contributed by atoms with Crippen molar-refractivity contribution >= 4 is 22.2 Å². The second kappa shape index (κ2) is 7.03. The van der Waals surface area contributed by atoms with Crippen LogP contribution in [0.1, 0.15) is 32.6 Å². The van der Waals surface area contributed by atoms with Gasteiger partial charge in [0.2, 0.25) is 5.96 Å². The van der Waals surface area contributed by atoms with E-state index in [-0.39, 0.29) is 16.3 Å². The number of nitrogens with one attached hydrogen (secondary N) is 1. The Hall–Kier alpha value is -2.09. The van der Waals surface area contributed by atoms with Gasteiger partial charge in [0.1, 0.15) is 5.75 Å². The first-order valence-electron chi connectivity index (χ1n) is 8.52. The number of aliphatic imine (C=N–C) groups is 1. The van der Waals surface area contributed by atoms with Crippen LogP contribution >= 0.6 is 0 Å². The van der Waals surface area contributed by atoms with Crippen LogP contribution in [0, 0.1) is 5.41 Å². The van der Waals surface area contributed by atoms with Gasteiger partial charge in [-0.25, -0.2) is 18.1 Å². The SMILES string of the molecule is CCN=C(NS(=O)(=O)c1ccc(OC)cc1)N1CC2(C=N1)CCCC2. The zero-order valence-electron chi connectivity index (χ0n) is 14.6. The fourth-order valence-electron chi connectivity index (χ4n) is 3.32. The molecule has 1 heterocycles. The fraction of sp³-hybridized carbons (Fsp3) is 0.529. The molecule has 1 aliphatic heterocycles. The summed E-state index contributed by atoms with van der Waals surface area (Å²) in [5.41, 5.74) is 0.0695. The Labute approximate surface area is 148 Å². The van der Waals surface area contributed by atoms with Crippen LogP contribution in [0.2, 0.25) is 0 Å². The fourth-order valence-corrected chi connectivity index (χ4v) is 4.34. The molecule has 1 N–H and O–H groups in total. The Balaban J connectivity index is 1.77. The van der Waals surface area contributed by atoms with Crippen molar-refractivity contribution in [1.29, 1.82) is 0 Å². The number of hydrogen-bond acceptors (Lipinski definition) is 5. The van der Waals surface area contributed by atoms with Crippen LogP contribution in [0.25, 0.3) is 0 Å². The maximum absolute atomic E-state index is 12.7. The van der Waals surface area contributed by atoms with Gasteiger partial charge in [-0.05, 0) is 44.0 Å². The molecule has 7 nitrogen and oxygen atoms in total. The summed E-state index contributed by atoms with van der Waals surface area (Å²) in [5, 5.41) is 6.10. The zero-order chi connectivity index (χ0) is 17.9. The summed E-state index contributed by atoms with van der Waals surface area (Å²) >= 11 is 0. The number of sulfonamides is 1. The monoisotopic (exact) mass is 364 g/mol. The molecule has 0 saturated heterocycles. The molecular formula is C17H24N4O3S. The van der Waals surface area contributed by atoms with E-state index in [9.17, 15) is 8.42 Å². The average Bonchev–Trinajstić information content (AvgIpc) is 3.25. The van der Waals surface area contributed by atoms with E-state index < -0.39 is 10.0 Å². The van der Waals surface area contributed by atoms with Crippen molar-refractivity contribution in [3.8, 4) is 5.75 Å². The zero-order valence-corrected chi connectivity index (χ0v) is 15.4. The topological polar surface area (TPSA) is 83.4 Å². The highest BCUT2D eigenvalue weighted by Gasteiger charge is 2.39. The highest BCUT2D eigenvalue weighted by molar-refractivity contribution is 7.90. The molecule has 2 aliphatic rings. The predicted molar refractivity (Wildman–Crippen MR) is 97.4 cm³/mol. The molecule has 1 aromatic carbocycles. The summed E-state index contributed by atoms with van der Waals surface area (Å²) < 4.78 is 33.0. The van der Waals surface area contributed by atoms with E-state index in [0.717, 1.165) is 12.8 Å². The Morgan fingerprint density at radius 1 is 1.32 bits per heavy atom. The van der Waals surface area contributed by atoms with Gasteiger partial charge in [0, 0.05) is 18.2 Å². The van der Waals surface area contributed by atoms with Crippen molar-refractivity contribution < 1.29 is 13.2 Å². The minimum Gasteiger partial charge on any atom is -0.497 e. The molecule has 1 spiro atoms. The van der Waals surface area contributed by atoms with Crippen LogP contribution in [0.5, 0.6) is 5.75 Å². The number of guanidine groups is 1. The van der Waals surface area contributed by atoms with Crippen molar-refractivity contribution in [2.45, 2.75) is 37.5 Å². The molecule has 1 saturated carbocycles. The van der Waals surface area contributed by atoms with Crippen molar-refractivity contribution in [1.82, 2.24) is 9.73 Å². The lowest BCUT2D eigenvalue weighted by Crippen LogP contribution is -2.42. The third-order valence-electron chi connectivity index (χ3n) is 4.68. The van der Waals surface area contributed by atoms with Crippen LogP contribution in [-0.2, 0) is 10.0 Å². The van der Waals surface area contributed by atoms with E-state index in [4.69, 9.17) is 4.74 Å². The molecule has 0 radical (unpaired) electrons. The second-order valence-corrected chi connectivity index (χ2v) is 8.13. The number of ether oxygens (including phenoxy) is 1. The van der Waals surface area contributed by atoms with E-state index in [2.05, 4.69) is 14.8 Å². The quantitative estimate of drug-likeness (QED) is 0.656. The van der Waals surface area contributed by atoms with E-state index in [1.807, 2.05) is 13.1 Å². The molecule has 0 unspecified atom stereocenters. The molecule has 1 fully saturated rings. The Bertz CT molecular complexity index is 766. The smallest absolute Gasteiger partial charge is 0.264 e. The van der Waals surface area contributed by atoms with Crippen LogP contribution in [0.15, 0.2) is 39.3 Å². The van der Waals surface area contributed by atoms with Crippen LogP contribution in [0.4, 0.5) is 0 Å². The molecule has 3 rings (SSSR count). The normalized spacial score (nSPS) is 19.6.